The van der Waals surface area contributed by atoms with Crippen LogP contribution in [0.5, 0.6) is 0 Å². The molecule has 0 amide bonds. The van der Waals surface area contributed by atoms with Gasteiger partial charge in [0.25, 0.3) is 0 Å². The number of fused-ring (bicyclic) bond motifs is 1. The van der Waals surface area contributed by atoms with Crippen molar-refractivity contribution in [3.63, 3.8) is 0 Å². The summed E-state index contributed by atoms with van der Waals surface area (Å²) in [4.78, 5) is 4.97. The van der Waals surface area contributed by atoms with Crippen LogP contribution >= 0.6 is 0 Å². The van der Waals surface area contributed by atoms with Gasteiger partial charge in [-0.3, -0.25) is 4.99 Å². The number of aliphatic imine (C=N–C) groups is 1. The van der Waals surface area contributed by atoms with E-state index in [0.29, 0.717) is 6.54 Å². The minimum atomic E-state index is -0.0825. The predicted octanol–water partition coefficient (Wildman–Crippen LogP) is 3.55. The molecule has 1 saturated heterocycles. The topological polar surface area (TPSA) is 48.5 Å². The SMILES string of the molecule is Cc1ccc2c(c1)NC1(CCNCC1)C(=NCc1ccccc1)N2. The summed E-state index contributed by atoms with van der Waals surface area (Å²) in [6.07, 6.45) is 2.09. The highest BCUT2D eigenvalue weighted by molar-refractivity contribution is 6.09. The first-order valence-electron chi connectivity index (χ1n) is 8.71. The van der Waals surface area contributed by atoms with Crippen molar-refractivity contribution in [2.75, 3.05) is 23.7 Å². The second-order valence-corrected chi connectivity index (χ2v) is 6.78. The van der Waals surface area contributed by atoms with Crippen LogP contribution in [0.25, 0.3) is 0 Å². The predicted molar refractivity (Wildman–Crippen MR) is 101 cm³/mol. The Bertz CT molecular complexity index is 745. The lowest BCUT2D eigenvalue weighted by Crippen LogP contribution is -2.57. The zero-order valence-corrected chi connectivity index (χ0v) is 14.1. The maximum absolute atomic E-state index is 4.97. The van der Waals surface area contributed by atoms with Gasteiger partial charge in [-0.05, 0) is 56.1 Å². The van der Waals surface area contributed by atoms with Crippen LogP contribution in [-0.2, 0) is 6.54 Å². The number of nitrogens with one attached hydrogen (secondary N) is 3. The van der Waals surface area contributed by atoms with E-state index in [9.17, 15) is 0 Å². The number of piperidine rings is 1. The summed E-state index contributed by atoms with van der Waals surface area (Å²) >= 11 is 0. The summed E-state index contributed by atoms with van der Waals surface area (Å²) in [6, 6.07) is 17.0. The van der Waals surface area contributed by atoms with Crippen molar-refractivity contribution in [3.05, 3.63) is 59.7 Å². The minimum absolute atomic E-state index is 0.0825. The molecule has 2 aliphatic rings. The molecular formula is C20H24N4. The Kier molecular flexibility index (Phi) is 3.98. The van der Waals surface area contributed by atoms with Gasteiger partial charge in [0, 0.05) is 0 Å². The molecule has 2 heterocycles. The van der Waals surface area contributed by atoms with Crippen LogP contribution in [0.2, 0.25) is 0 Å². The smallest absolute Gasteiger partial charge is 0.127 e. The summed E-state index contributed by atoms with van der Waals surface area (Å²) < 4.78 is 0. The van der Waals surface area contributed by atoms with Gasteiger partial charge in [0.2, 0.25) is 0 Å². The lowest BCUT2D eigenvalue weighted by atomic mass is 9.84. The molecule has 4 heteroatoms. The number of rotatable bonds is 2. The number of benzene rings is 2. The van der Waals surface area contributed by atoms with Crippen LogP contribution < -0.4 is 16.0 Å². The summed E-state index contributed by atoms with van der Waals surface area (Å²) in [7, 11) is 0. The largest absolute Gasteiger partial charge is 0.371 e. The lowest BCUT2D eigenvalue weighted by Gasteiger charge is -2.44. The van der Waals surface area contributed by atoms with Crippen LogP contribution in [-0.4, -0.2) is 24.5 Å². The molecule has 24 heavy (non-hydrogen) atoms. The van der Waals surface area contributed by atoms with Crippen LogP contribution in [0.15, 0.2) is 53.5 Å². The number of amidine groups is 1. The maximum atomic E-state index is 4.97. The molecule has 0 aliphatic carbocycles. The van der Waals surface area contributed by atoms with Crippen LogP contribution in [0.4, 0.5) is 11.4 Å². The van der Waals surface area contributed by atoms with Gasteiger partial charge in [0.15, 0.2) is 0 Å². The molecule has 0 saturated carbocycles. The fourth-order valence-corrected chi connectivity index (χ4v) is 3.59. The number of hydrogen-bond donors (Lipinski definition) is 3. The fourth-order valence-electron chi connectivity index (χ4n) is 3.59. The molecule has 1 spiro atoms. The molecular weight excluding hydrogens is 296 g/mol. The van der Waals surface area contributed by atoms with E-state index < -0.39 is 0 Å². The van der Waals surface area contributed by atoms with Crippen LogP contribution in [0, 0.1) is 6.92 Å². The summed E-state index contributed by atoms with van der Waals surface area (Å²) in [5, 5.41) is 10.9. The fraction of sp³-hybridized carbons (Fsp3) is 0.350. The van der Waals surface area contributed by atoms with Crippen molar-refractivity contribution in [1.82, 2.24) is 5.32 Å². The summed E-state index contributed by atoms with van der Waals surface area (Å²) in [6.45, 7) is 4.87. The average Bonchev–Trinajstić information content (AvgIpc) is 2.61. The van der Waals surface area contributed by atoms with Crippen molar-refractivity contribution in [2.45, 2.75) is 31.8 Å². The van der Waals surface area contributed by atoms with Crippen molar-refractivity contribution in [1.29, 1.82) is 0 Å². The summed E-state index contributed by atoms with van der Waals surface area (Å²) in [5.74, 6) is 1.07. The Morgan fingerprint density at radius 2 is 1.79 bits per heavy atom. The number of aryl methyl sites for hydroxylation is 1. The van der Waals surface area contributed by atoms with Crippen LogP contribution in [0.3, 0.4) is 0 Å². The van der Waals surface area contributed by atoms with Gasteiger partial charge in [-0.15, -0.1) is 0 Å². The normalized spacial score (nSPS) is 20.3. The first-order chi connectivity index (χ1) is 11.8. The molecule has 2 aliphatic heterocycles. The van der Waals surface area contributed by atoms with Crippen LogP contribution in [0.1, 0.15) is 24.0 Å². The van der Waals surface area contributed by atoms with E-state index in [4.69, 9.17) is 4.99 Å². The molecule has 3 N–H and O–H groups in total. The second kappa shape index (κ2) is 6.29. The van der Waals surface area contributed by atoms with Gasteiger partial charge in [-0.25, -0.2) is 0 Å². The van der Waals surface area contributed by atoms with E-state index in [1.165, 1.54) is 16.8 Å². The van der Waals surface area contributed by atoms with Gasteiger partial charge >= 0.3 is 0 Å². The third kappa shape index (κ3) is 2.89. The second-order valence-electron chi connectivity index (χ2n) is 6.78. The molecule has 0 bridgehead atoms. The van der Waals surface area contributed by atoms with E-state index in [-0.39, 0.29) is 5.54 Å². The Morgan fingerprint density at radius 1 is 1.00 bits per heavy atom. The standard InChI is InChI=1S/C20H24N4/c1-15-7-8-17-18(13-15)24-20(9-11-21-12-10-20)19(23-17)22-14-16-5-3-2-4-6-16/h2-8,13,21,24H,9-12,14H2,1H3,(H,22,23). The quantitative estimate of drug-likeness (QED) is 0.793. The van der Waals surface area contributed by atoms with E-state index in [2.05, 4.69) is 65.3 Å². The molecule has 124 valence electrons. The minimum Gasteiger partial charge on any atom is -0.371 e. The van der Waals surface area contributed by atoms with Gasteiger partial charge in [0.05, 0.1) is 23.5 Å². The van der Waals surface area contributed by atoms with Crippen molar-refractivity contribution < 1.29 is 0 Å². The molecule has 0 atom stereocenters. The highest BCUT2D eigenvalue weighted by Gasteiger charge is 2.40. The van der Waals surface area contributed by atoms with E-state index in [0.717, 1.165) is 37.5 Å². The Labute approximate surface area is 143 Å². The molecule has 4 nitrogen and oxygen atoms in total. The maximum Gasteiger partial charge on any atom is 0.127 e. The van der Waals surface area contributed by atoms with E-state index in [1.807, 2.05) is 6.07 Å². The van der Waals surface area contributed by atoms with Gasteiger partial charge in [-0.1, -0.05) is 36.4 Å². The first-order valence-corrected chi connectivity index (χ1v) is 8.71. The molecule has 2 aromatic carbocycles. The van der Waals surface area contributed by atoms with Crippen molar-refractivity contribution in [2.24, 2.45) is 4.99 Å². The molecule has 0 aromatic heterocycles. The zero-order chi connectivity index (χ0) is 16.4. The Morgan fingerprint density at radius 3 is 2.58 bits per heavy atom. The van der Waals surface area contributed by atoms with E-state index >= 15 is 0 Å². The molecule has 1 fully saturated rings. The van der Waals surface area contributed by atoms with Crippen molar-refractivity contribution >= 4 is 17.2 Å². The number of anilines is 2. The van der Waals surface area contributed by atoms with Gasteiger partial charge in [-0.2, -0.15) is 0 Å². The average molecular weight is 320 g/mol. The summed E-state index contributed by atoms with van der Waals surface area (Å²) in [5.41, 5.74) is 4.75. The Hall–Kier alpha value is -2.33. The molecule has 4 rings (SSSR count). The highest BCUT2D eigenvalue weighted by Crippen LogP contribution is 2.36. The number of hydrogen-bond acceptors (Lipinski definition) is 3. The molecule has 0 radical (unpaired) electrons. The van der Waals surface area contributed by atoms with Gasteiger partial charge in [0.1, 0.15) is 5.84 Å². The monoisotopic (exact) mass is 320 g/mol. The highest BCUT2D eigenvalue weighted by atomic mass is 15.2. The molecule has 2 aromatic rings. The lowest BCUT2D eigenvalue weighted by molar-refractivity contribution is 0.419. The first kappa shape index (κ1) is 15.2. The number of nitrogens with zero attached hydrogens (tertiary/aromatic N) is 1. The third-order valence-corrected chi connectivity index (χ3v) is 4.98. The van der Waals surface area contributed by atoms with Gasteiger partial charge < -0.3 is 16.0 Å². The molecule has 0 unspecified atom stereocenters. The third-order valence-electron chi connectivity index (χ3n) is 4.98. The Balaban J connectivity index is 1.68. The van der Waals surface area contributed by atoms with Crippen molar-refractivity contribution in [3.8, 4) is 0 Å². The van der Waals surface area contributed by atoms with E-state index in [1.54, 1.807) is 0 Å². The zero-order valence-electron chi connectivity index (χ0n) is 14.1.